The number of hydrogen-bond acceptors (Lipinski definition) is 0. The van der Waals surface area contributed by atoms with Gasteiger partial charge in [-0.25, -0.2) is 0 Å². The summed E-state index contributed by atoms with van der Waals surface area (Å²) in [6, 6.07) is 4.51. The molecule has 0 radical (unpaired) electrons. The van der Waals surface area contributed by atoms with E-state index in [2.05, 4.69) is 51.8 Å². The van der Waals surface area contributed by atoms with Crippen LogP contribution in [0.5, 0.6) is 0 Å². The number of allylic oxidation sites excluding steroid dienone is 4. The quantitative estimate of drug-likeness (QED) is 0.682. The summed E-state index contributed by atoms with van der Waals surface area (Å²) in [5, 5.41) is 7.35. The van der Waals surface area contributed by atoms with Gasteiger partial charge in [-0.3, -0.25) is 0 Å². The van der Waals surface area contributed by atoms with Crippen LogP contribution in [-0.2, 0) is 13.6 Å². The molecule has 0 saturated heterocycles. The first kappa shape index (κ1) is 17.4. The Balaban J connectivity index is 0.00000128. The Morgan fingerprint density at radius 3 is 2.29 bits per heavy atom. The molecule has 0 amide bonds. The van der Waals surface area contributed by atoms with Gasteiger partial charge in [0.25, 0.3) is 0 Å². The third kappa shape index (κ3) is 2.88. The first-order valence-electron chi connectivity index (χ1n) is 5.56. The average molecular weight is 328 g/mol. The molecule has 1 atom stereocenters. The van der Waals surface area contributed by atoms with Gasteiger partial charge in [0.05, 0.1) is 0 Å². The van der Waals surface area contributed by atoms with Crippen LogP contribution in [0.3, 0.4) is 0 Å². The van der Waals surface area contributed by atoms with E-state index in [1.807, 2.05) is 0 Å². The standard InChI is InChI=1S/C5H5.C4H4P.3CH3.CH2.2ClH.Ti/c2*1-2-4-5-3-1;;;;;;;/h1-3H,4H2;1-3,5H;3*1H3;1H2;2*1H;. The zero-order valence-corrected chi connectivity index (χ0v) is 14.9. The summed E-state index contributed by atoms with van der Waals surface area (Å²) in [5.41, 5.74) is 0. The molecule has 4 heteroatoms. The van der Waals surface area contributed by atoms with Crippen LogP contribution in [0.1, 0.15) is 6.42 Å². The Bertz CT molecular complexity index is 530. The molecular weight excluding hydrogens is 306 g/mol. The van der Waals surface area contributed by atoms with Gasteiger partial charge in [0.1, 0.15) is 0 Å². The second-order valence-corrected chi connectivity index (χ2v) is 24.9. The number of halogens is 2. The summed E-state index contributed by atoms with van der Waals surface area (Å²) < 4.78 is 3.21. The van der Waals surface area contributed by atoms with Gasteiger partial charge in [-0.1, -0.05) is 0 Å². The van der Waals surface area contributed by atoms with E-state index >= 15 is 0 Å². The van der Waals surface area contributed by atoms with Gasteiger partial charge < -0.3 is 0 Å². The summed E-state index contributed by atoms with van der Waals surface area (Å²) in [6.07, 6.45) is 7.86. The minimum atomic E-state index is -3.28. The topological polar surface area (TPSA) is 0 Å². The van der Waals surface area contributed by atoms with Crippen LogP contribution >= 0.6 is 33.0 Å². The van der Waals surface area contributed by atoms with Crippen molar-refractivity contribution in [3.05, 3.63) is 40.0 Å². The molecule has 0 N–H and O–H groups in total. The van der Waals surface area contributed by atoms with E-state index in [1.54, 1.807) is 7.48 Å². The molecule has 0 aliphatic heterocycles. The maximum atomic E-state index is 4.78. The van der Waals surface area contributed by atoms with Crippen molar-refractivity contribution in [2.24, 2.45) is 0 Å². The van der Waals surface area contributed by atoms with E-state index < -0.39 is 13.6 Å². The Kier molecular flexibility index (Phi) is 4.63. The fraction of sp³-hybridized carbons (Fsp3) is 0.308. The Morgan fingerprint density at radius 2 is 1.88 bits per heavy atom. The molecule has 1 heterocycles. The normalized spacial score (nSPS) is 18.9. The molecule has 1 unspecified atom stereocenters. The van der Waals surface area contributed by atoms with E-state index in [4.69, 9.17) is 4.82 Å². The van der Waals surface area contributed by atoms with Gasteiger partial charge in [0.2, 0.25) is 0 Å². The average Bonchev–Trinajstić information content (AvgIpc) is 2.77. The van der Waals surface area contributed by atoms with Gasteiger partial charge in [0.15, 0.2) is 0 Å². The second kappa shape index (κ2) is 4.51. The molecule has 0 saturated carbocycles. The molecule has 1 aliphatic rings. The van der Waals surface area contributed by atoms with Crippen LogP contribution < -0.4 is 3.60 Å². The summed E-state index contributed by atoms with van der Waals surface area (Å²) in [6.45, 7) is 0. The van der Waals surface area contributed by atoms with Crippen molar-refractivity contribution in [2.75, 3.05) is 0 Å². The molecule has 0 bridgehead atoms. The van der Waals surface area contributed by atoms with Gasteiger partial charge in [-0.05, 0) is 0 Å². The zero-order chi connectivity index (χ0) is 11.2. The molecule has 0 aromatic carbocycles. The van der Waals surface area contributed by atoms with E-state index in [0.29, 0.717) is 0 Å². The Hall–Kier alpha value is 0.424. The third-order valence-electron chi connectivity index (χ3n) is 3.85. The van der Waals surface area contributed by atoms with Crippen molar-refractivity contribution in [2.45, 2.75) is 22.1 Å². The van der Waals surface area contributed by atoms with Crippen LogP contribution in [0.25, 0.3) is 0 Å². The summed E-state index contributed by atoms with van der Waals surface area (Å²) in [5.74, 6) is 2.28. The molecule has 1 aromatic rings. The van der Waals surface area contributed by atoms with Crippen molar-refractivity contribution < 1.29 is 13.6 Å². The van der Waals surface area contributed by atoms with E-state index in [9.17, 15) is 0 Å². The molecule has 0 spiro atoms. The van der Waals surface area contributed by atoms with Crippen LogP contribution in [0, 0.1) is 0 Å². The summed E-state index contributed by atoms with van der Waals surface area (Å²) in [4.78, 5) is 4.78. The molecule has 2 rings (SSSR count). The molecule has 97 valence electrons. The minimum absolute atomic E-state index is 0. The molecule has 0 nitrogen and oxygen atoms in total. The van der Waals surface area contributed by atoms with Crippen LogP contribution in [-0.4, -0.2) is 4.82 Å². The summed E-state index contributed by atoms with van der Waals surface area (Å²) >= 11 is -3.28. The van der Waals surface area contributed by atoms with Crippen molar-refractivity contribution in [3.8, 4) is 0 Å². The first-order chi connectivity index (χ1) is 6.74. The molecule has 17 heavy (non-hydrogen) atoms. The van der Waals surface area contributed by atoms with E-state index in [0.717, 1.165) is 14.6 Å². The first-order valence-corrected chi connectivity index (χ1v) is 14.0. The van der Waals surface area contributed by atoms with Crippen molar-refractivity contribution in [3.63, 3.8) is 0 Å². The molecule has 0 fully saturated rings. The predicted octanol–water partition coefficient (Wildman–Crippen LogP) is 4.83. The Labute approximate surface area is 116 Å². The SMILES string of the molecule is Cl.Cl.[CH2]=[Ti]([CH3])([CH3])([CH3])([C]1=CC=CC1)[c]1ccc[pH]1. The molecule has 1 aliphatic carbocycles. The monoisotopic (exact) mass is 327 g/mol. The fourth-order valence-electron chi connectivity index (χ4n) is 2.38. The third-order valence-corrected chi connectivity index (χ3v) is 18.3. The van der Waals surface area contributed by atoms with Gasteiger partial charge in [0, 0.05) is 0 Å². The predicted molar refractivity (Wildman–Crippen MR) is 86.6 cm³/mol. The van der Waals surface area contributed by atoms with Crippen molar-refractivity contribution >= 4 is 41.4 Å². The van der Waals surface area contributed by atoms with E-state index in [1.165, 1.54) is 0 Å². The number of hydrogen-bond donors (Lipinski definition) is 0. The van der Waals surface area contributed by atoms with Crippen LogP contribution in [0.2, 0.25) is 15.7 Å². The van der Waals surface area contributed by atoms with Crippen molar-refractivity contribution in [1.82, 2.24) is 0 Å². The number of rotatable bonds is 2. The Morgan fingerprint density at radius 1 is 1.24 bits per heavy atom. The summed E-state index contributed by atoms with van der Waals surface area (Å²) in [7, 11) is 0.853. The van der Waals surface area contributed by atoms with Crippen LogP contribution in [0.15, 0.2) is 40.0 Å². The van der Waals surface area contributed by atoms with Gasteiger partial charge in [-0.2, -0.15) is 0 Å². The molecular formula is C13H22Cl2PTi. The van der Waals surface area contributed by atoms with Crippen molar-refractivity contribution in [1.29, 1.82) is 0 Å². The van der Waals surface area contributed by atoms with Gasteiger partial charge >= 0.3 is 92.3 Å². The fourth-order valence-corrected chi connectivity index (χ4v) is 12.0. The van der Waals surface area contributed by atoms with Crippen LogP contribution in [0.4, 0.5) is 0 Å². The van der Waals surface area contributed by atoms with Gasteiger partial charge in [-0.15, -0.1) is 24.8 Å². The molecule has 1 aromatic heterocycles. The second-order valence-electron chi connectivity index (χ2n) is 6.95. The zero-order valence-electron chi connectivity index (χ0n) is 10.7. The van der Waals surface area contributed by atoms with E-state index in [-0.39, 0.29) is 24.8 Å². The maximum absolute atomic E-state index is 4.78.